The number of aromatic nitrogens is 4. The van der Waals surface area contributed by atoms with Gasteiger partial charge in [-0.1, -0.05) is 13.8 Å². The van der Waals surface area contributed by atoms with Crippen LogP contribution in [-0.2, 0) is 11.2 Å². The number of nitrogens with one attached hydrogen (secondary N) is 2. The molecule has 2 N–H and O–H groups in total. The van der Waals surface area contributed by atoms with Crippen LogP contribution in [0.25, 0.3) is 22.0 Å². The maximum absolute atomic E-state index is 12.6. The van der Waals surface area contributed by atoms with E-state index in [2.05, 4.69) is 43.6 Å². The number of anilines is 1. The monoisotopic (exact) mass is 534 g/mol. The predicted molar refractivity (Wildman–Crippen MR) is 155 cm³/mol. The molecular formula is C30H39FN6O2. The molecule has 0 radical (unpaired) electrons. The van der Waals surface area contributed by atoms with Crippen molar-refractivity contribution in [3.63, 3.8) is 0 Å². The first-order chi connectivity index (χ1) is 18.7. The molecule has 4 heterocycles. The summed E-state index contributed by atoms with van der Waals surface area (Å²) in [4.78, 5) is 20.0. The fourth-order valence-electron chi connectivity index (χ4n) is 4.39. The zero-order valence-corrected chi connectivity index (χ0v) is 24.1. The number of hydrogen-bond acceptors (Lipinski definition) is 7. The van der Waals surface area contributed by atoms with E-state index in [-0.39, 0.29) is 11.6 Å². The summed E-state index contributed by atoms with van der Waals surface area (Å²) >= 11 is 0. The minimum atomic E-state index is -0.334. The lowest BCUT2D eigenvalue weighted by Gasteiger charge is -2.27. The van der Waals surface area contributed by atoms with Crippen LogP contribution in [0.4, 0.5) is 10.1 Å². The number of methoxy groups -OCH3 is 1. The standard InChI is InChI=1S/C21H25N5O.C7H8FNO.C2H6/c1-12-8-24-21-7-20(22-4)18(6-17(21)16(12)5-13(2)27)19-11-26(25-14(19)3)15-9-23-10-15;1-5-6(8)3-9-4-7(5)10-2;1-2/h6-8,11,15,22-23H,5,9-10H2,1-4H3;3-4H,1-2H3;1-2H3. The third kappa shape index (κ3) is 6.60. The van der Waals surface area contributed by atoms with Gasteiger partial charge in [0.25, 0.3) is 0 Å². The lowest BCUT2D eigenvalue weighted by molar-refractivity contribution is -0.116. The molecule has 0 unspecified atom stereocenters. The molecule has 1 aliphatic heterocycles. The first-order valence-corrected chi connectivity index (χ1v) is 13.2. The smallest absolute Gasteiger partial charge is 0.148 e. The average molecular weight is 535 g/mol. The van der Waals surface area contributed by atoms with Crippen LogP contribution in [0.15, 0.2) is 36.9 Å². The van der Waals surface area contributed by atoms with E-state index < -0.39 is 0 Å². The van der Waals surface area contributed by atoms with Gasteiger partial charge in [0, 0.05) is 66.7 Å². The van der Waals surface area contributed by atoms with Gasteiger partial charge in [0.05, 0.1) is 36.8 Å². The van der Waals surface area contributed by atoms with Crippen LogP contribution in [0.1, 0.15) is 49.2 Å². The fourth-order valence-corrected chi connectivity index (χ4v) is 4.39. The molecular weight excluding hydrogens is 495 g/mol. The highest BCUT2D eigenvalue weighted by Crippen LogP contribution is 2.36. The minimum absolute atomic E-state index is 0.159. The van der Waals surface area contributed by atoms with Crippen molar-refractivity contribution < 1.29 is 13.9 Å². The third-order valence-electron chi connectivity index (χ3n) is 6.70. The topological polar surface area (TPSA) is 94.0 Å². The normalized spacial score (nSPS) is 12.5. The molecule has 39 heavy (non-hydrogen) atoms. The minimum Gasteiger partial charge on any atom is -0.495 e. The van der Waals surface area contributed by atoms with E-state index in [9.17, 15) is 9.18 Å². The molecule has 8 nitrogen and oxygen atoms in total. The number of benzene rings is 1. The summed E-state index contributed by atoms with van der Waals surface area (Å²) in [5, 5.41) is 12.4. The summed E-state index contributed by atoms with van der Waals surface area (Å²) in [5.74, 6) is 0.311. The number of hydrogen-bond donors (Lipinski definition) is 2. The number of Topliss-reactive ketones (excluding diaryl/α,β-unsaturated/α-hetero) is 1. The summed E-state index contributed by atoms with van der Waals surface area (Å²) < 4.78 is 19.5. The van der Waals surface area contributed by atoms with E-state index in [4.69, 9.17) is 9.84 Å². The third-order valence-corrected chi connectivity index (χ3v) is 6.70. The van der Waals surface area contributed by atoms with Crippen molar-refractivity contribution in [1.82, 2.24) is 25.1 Å². The molecule has 0 amide bonds. The molecule has 1 aliphatic rings. The fraction of sp³-hybridized carbons (Fsp3) is 0.400. The van der Waals surface area contributed by atoms with Crippen LogP contribution in [0.5, 0.6) is 5.75 Å². The van der Waals surface area contributed by atoms with Gasteiger partial charge in [-0.25, -0.2) is 4.39 Å². The van der Waals surface area contributed by atoms with Crippen molar-refractivity contribution in [3.8, 4) is 16.9 Å². The first kappa shape index (κ1) is 29.7. The SMILES string of the molecule is CC.CNc1cc2ncc(C)c(CC(C)=O)c2cc1-c1cn(C2CNC2)nc1C.COc1cncc(F)c1C. The highest BCUT2D eigenvalue weighted by Gasteiger charge is 2.22. The molecule has 0 bridgehead atoms. The highest BCUT2D eigenvalue weighted by molar-refractivity contribution is 5.96. The van der Waals surface area contributed by atoms with Gasteiger partial charge in [-0.15, -0.1) is 0 Å². The molecule has 3 aromatic heterocycles. The maximum Gasteiger partial charge on any atom is 0.148 e. The van der Waals surface area contributed by atoms with Crippen molar-refractivity contribution in [3.05, 3.63) is 65.1 Å². The molecule has 9 heteroatoms. The number of aryl methyl sites for hydroxylation is 2. The van der Waals surface area contributed by atoms with Crippen LogP contribution in [-0.4, -0.2) is 52.8 Å². The molecule has 208 valence electrons. The number of carbonyl (C=O) groups is 1. The van der Waals surface area contributed by atoms with Crippen molar-refractivity contribution in [1.29, 1.82) is 0 Å². The highest BCUT2D eigenvalue weighted by atomic mass is 19.1. The first-order valence-electron chi connectivity index (χ1n) is 13.2. The number of halogens is 1. The number of fused-ring (bicyclic) bond motifs is 1. The van der Waals surface area contributed by atoms with Gasteiger partial charge in [-0.2, -0.15) is 5.10 Å². The second-order valence-electron chi connectivity index (χ2n) is 9.33. The lowest BCUT2D eigenvalue weighted by Crippen LogP contribution is -2.43. The second-order valence-corrected chi connectivity index (χ2v) is 9.33. The van der Waals surface area contributed by atoms with Gasteiger partial charge in [-0.3, -0.25) is 19.4 Å². The average Bonchev–Trinajstić information content (AvgIpc) is 3.27. The molecule has 1 fully saturated rings. The number of ether oxygens (including phenoxy) is 1. The summed E-state index contributed by atoms with van der Waals surface area (Å²) in [5.41, 5.74) is 7.74. The predicted octanol–water partition coefficient (Wildman–Crippen LogP) is 5.60. The van der Waals surface area contributed by atoms with Gasteiger partial charge < -0.3 is 15.4 Å². The van der Waals surface area contributed by atoms with E-state index in [1.807, 2.05) is 40.9 Å². The van der Waals surface area contributed by atoms with Gasteiger partial charge in [0.1, 0.15) is 17.3 Å². The molecule has 0 atom stereocenters. The largest absolute Gasteiger partial charge is 0.495 e. The quantitative estimate of drug-likeness (QED) is 0.333. The zero-order valence-electron chi connectivity index (χ0n) is 24.1. The molecule has 1 saturated heterocycles. The Hall–Kier alpha value is -3.85. The Morgan fingerprint density at radius 3 is 2.44 bits per heavy atom. The Bertz CT molecular complexity index is 1450. The number of carbonyl (C=O) groups excluding carboxylic acids is 1. The Balaban J connectivity index is 0.000000294. The second kappa shape index (κ2) is 13.3. The lowest BCUT2D eigenvalue weighted by atomic mass is 9.95. The van der Waals surface area contributed by atoms with Gasteiger partial charge >= 0.3 is 0 Å². The molecule has 0 spiro atoms. The molecule has 0 aliphatic carbocycles. The van der Waals surface area contributed by atoms with E-state index in [1.165, 1.54) is 13.3 Å². The van der Waals surface area contributed by atoms with Crippen molar-refractivity contribution >= 4 is 22.4 Å². The molecule has 5 rings (SSSR count). The van der Waals surface area contributed by atoms with E-state index in [0.717, 1.165) is 63.8 Å². The molecule has 1 aromatic carbocycles. The summed E-state index contributed by atoms with van der Waals surface area (Å²) in [6.45, 7) is 13.3. The number of rotatable bonds is 6. The Morgan fingerprint density at radius 2 is 1.87 bits per heavy atom. The van der Waals surface area contributed by atoms with Gasteiger partial charge in [-0.05, 0) is 51.0 Å². The van der Waals surface area contributed by atoms with Crippen LogP contribution >= 0.6 is 0 Å². The van der Waals surface area contributed by atoms with E-state index >= 15 is 0 Å². The maximum atomic E-state index is 12.6. The van der Waals surface area contributed by atoms with Crippen molar-refractivity contribution in [2.24, 2.45) is 0 Å². The van der Waals surface area contributed by atoms with E-state index in [1.54, 1.807) is 13.8 Å². The number of pyridine rings is 2. The van der Waals surface area contributed by atoms with Crippen molar-refractivity contribution in [2.45, 2.75) is 54.0 Å². The van der Waals surface area contributed by atoms with Crippen molar-refractivity contribution in [2.75, 3.05) is 32.6 Å². The molecule has 4 aromatic rings. The Labute approximate surface area is 230 Å². The van der Waals surface area contributed by atoms with Crippen LogP contribution in [0.2, 0.25) is 0 Å². The Kier molecular flexibility index (Phi) is 10.1. The van der Waals surface area contributed by atoms with Crippen LogP contribution < -0.4 is 15.4 Å². The zero-order chi connectivity index (χ0) is 28.7. The van der Waals surface area contributed by atoms with Crippen LogP contribution in [0, 0.1) is 26.6 Å². The summed E-state index contributed by atoms with van der Waals surface area (Å²) in [6.07, 6.45) is 7.06. The number of nitrogens with zero attached hydrogens (tertiary/aromatic N) is 4. The van der Waals surface area contributed by atoms with Crippen LogP contribution in [0.3, 0.4) is 0 Å². The van der Waals surface area contributed by atoms with Gasteiger partial charge in [0.15, 0.2) is 0 Å². The summed E-state index contributed by atoms with van der Waals surface area (Å²) in [6, 6.07) is 4.65. The summed E-state index contributed by atoms with van der Waals surface area (Å²) in [7, 11) is 3.41. The van der Waals surface area contributed by atoms with Gasteiger partial charge in [0.2, 0.25) is 0 Å². The number of ketones is 1. The molecule has 0 saturated carbocycles. The Morgan fingerprint density at radius 1 is 1.15 bits per heavy atom. The van der Waals surface area contributed by atoms with E-state index in [0.29, 0.717) is 23.8 Å².